The minimum atomic E-state index is -0.401. The number of hydrogen-bond donors (Lipinski definition) is 1. The zero-order valence-electron chi connectivity index (χ0n) is 8.20. The van der Waals surface area contributed by atoms with Crippen LogP contribution in [0.1, 0.15) is 6.92 Å². The van der Waals surface area contributed by atoms with E-state index in [2.05, 4.69) is 0 Å². The third kappa shape index (κ3) is 1.98. The summed E-state index contributed by atoms with van der Waals surface area (Å²) in [4.78, 5) is 24.4. The van der Waals surface area contributed by atoms with E-state index in [1.165, 1.54) is 6.92 Å². The summed E-state index contributed by atoms with van der Waals surface area (Å²) in [7, 11) is 3.55. The van der Waals surface area contributed by atoms with Gasteiger partial charge in [-0.3, -0.25) is 9.59 Å². The number of carbonyl (C=O) groups is 2. The second-order valence-corrected chi connectivity index (χ2v) is 4.14. The highest BCUT2D eigenvalue weighted by Crippen LogP contribution is 2.36. The predicted molar refractivity (Wildman–Crippen MR) is 54.7 cm³/mol. The maximum absolute atomic E-state index is 11.3. The Morgan fingerprint density at radius 1 is 1.50 bits per heavy atom. The van der Waals surface area contributed by atoms with Gasteiger partial charge in [0.25, 0.3) is 0 Å². The van der Waals surface area contributed by atoms with Crippen molar-refractivity contribution in [1.82, 2.24) is 4.90 Å². The van der Waals surface area contributed by atoms with Crippen molar-refractivity contribution in [2.75, 3.05) is 14.1 Å². The summed E-state index contributed by atoms with van der Waals surface area (Å²) in [5.41, 5.74) is -0.108. The molecule has 0 spiro atoms. The van der Waals surface area contributed by atoms with E-state index in [-0.39, 0.29) is 16.4 Å². The smallest absolute Gasteiger partial charge is 0.231 e. The fourth-order valence-electron chi connectivity index (χ4n) is 1.05. The lowest BCUT2D eigenvalue weighted by atomic mass is 10.2. The van der Waals surface area contributed by atoms with E-state index < -0.39 is 5.78 Å². The molecule has 0 aromatic heterocycles. The van der Waals surface area contributed by atoms with Gasteiger partial charge in [0.05, 0.1) is 4.91 Å². The minimum absolute atomic E-state index is 0.108. The van der Waals surface area contributed by atoms with Crippen LogP contribution in [0.5, 0.6) is 0 Å². The Kier molecular flexibility index (Phi) is 3.00. The van der Waals surface area contributed by atoms with Crippen molar-refractivity contribution >= 4 is 22.7 Å². The first kappa shape index (κ1) is 10.8. The van der Waals surface area contributed by atoms with Crippen LogP contribution >= 0.6 is 11.8 Å². The molecule has 1 aliphatic heterocycles. The standard InChI is InChI=1S/C9H11NO3S/c1-5(11)7-8(12)6(4-10(2)3)14-9(7)13/h4,12H,1-3H3/b6-4-. The van der Waals surface area contributed by atoms with Crippen molar-refractivity contribution in [2.45, 2.75) is 6.92 Å². The van der Waals surface area contributed by atoms with Crippen LogP contribution in [0.3, 0.4) is 0 Å². The van der Waals surface area contributed by atoms with E-state index in [0.29, 0.717) is 4.91 Å². The van der Waals surface area contributed by atoms with Crippen LogP contribution in [0.15, 0.2) is 22.4 Å². The quantitative estimate of drug-likeness (QED) is 0.695. The Morgan fingerprint density at radius 3 is 2.43 bits per heavy atom. The zero-order chi connectivity index (χ0) is 10.9. The van der Waals surface area contributed by atoms with Gasteiger partial charge in [0.2, 0.25) is 5.12 Å². The fraction of sp³-hybridized carbons (Fsp3) is 0.333. The van der Waals surface area contributed by atoms with Gasteiger partial charge in [-0.2, -0.15) is 0 Å². The predicted octanol–water partition coefficient (Wildman–Crippen LogP) is 1.06. The van der Waals surface area contributed by atoms with E-state index in [1.807, 2.05) is 0 Å². The van der Waals surface area contributed by atoms with Gasteiger partial charge in [0.1, 0.15) is 11.3 Å². The van der Waals surface area contributed by atoms with E-state index in [0.717, 1.165) is 11.8 Å². The van der Waals surface area contributed by atoms with Crippen LogP contribution in [-0.2, 0) is 9.59 Å². The van der Waals surface area contributed by atoms with Crippen molar-refractivity contribution in [3.05, 3.63) is 22.4 Å². The maximum Gasteiger partial charge on any atom is 0.231 e. The molecule has 5 heteroatoms. The van der Waals surface area contributed by atoms with Crippen LogP contribution in [0.4, 0.5) is 0 Å². The van der Waals surface area contributed by atoms with E-state index in [9.17, 15) is 14.7 Å². The Balaban J connectivity index is 3.11. The van der Waals surface area contributed by atoms with Gasteiger partial charge in [0, 0.05) is 20.3 Å². The lowest BCUT2D eigenvalue weighted by Gasteiger charge is -2.05. The molecule has 0 fully saturated rings. The SMILES string of the molecule is CC(=O)C1=C(O)/C(=C/N(C)C)SC1=O. The number of nitrogens with zero attached hydrogens (tertiary/aromatic N) is 1. The molecule has 0 saturated heterocycles. The second-order valence-electron chi connectivity index (χ2n) is 3.13. The van der Waals surface area contributed by atoms with Crippen LogP contribution in [-0.4, -0.2) is 35.0 Å². The number of aliphatic hydroxyl groups is 1. The Bertz CT molecular complexity index is 355. The van der Waals surface area contributed by atoms with Gasteiger partial charge in [-0.05, 0) is 18.7 Å². The number of hydrogen-bond acceptors (Lipinski definition) is 5. The average Bonchev–Trinajstić information content (AvgIpc) is 2.25. The molecule has 0 amide bonds. The topological polar surface area (TPSA) is 57.6 Å². The Morgan fingerprint density at radius 2 is 2.07 bits per heavy atom. The summed E-state index contributed by atoms with van der Waals surface area (Å²) in [6.07, 6.45) is 1.60. The summed E-state index contributed by atoms with van der Waals surface area (Å²) in [5, 5.41) is 9.17. The number of thioether (sulfide) groups is 1. The number of Topliss-reactive ketones (excluding diaryl/α,β-unsaturated/α-hetero) is 1. The molecule has 0 saturated carbocycles. The highest BCUT2D eigenvalue weighted by Gasteiger charge is 2.31. The molecule has 0 unspecified atom stereocenters. The minimum Gasteiger partial charge on any atom is -0.506 e. The first-order valence-electron chi connectivity index (χ1n) is 3.98. The van der Waals surface area contributed by atoms with Gasteiger partial charge in [-0.1, -0.05) is 0 Å². The lowest BCUT2D eigenvalue weighted by molar-refractivity contribution is -0.116. The summed E-state index contributed by atoms with van der Waals surface area (Å²) < 4.78 is 0. The third-order valence-corrected chi connectivity index (χ3v) is 2.51. The molecule has 14 heavy (non-hydrogen) atoms. The Labute approximate surface area is 86.3 Å². The van der Waals surface area contributed by atoms with Crippen LogP contribution < -0.4 is 0 Å². The van der Waals surface area contributed by atoms with Crippen molar-refractivity contribution in [3.8, 4) is 0 Å². The van der Waals surface area contributed by atoms with E-state index >= 15 is 0 Å². The first-order valence-corrected chi connectivity index (χ1v) is 4.80. The molecule has 0 aromatic rings. The Hall–Kier alpha value is -1.23. The number of carbonyl (C=O) groups excluding carboxylic acids is 2. The van der Waals surface area contributed by atoms with Gasteiger partial charge in [0.15, 0.2) is 5.78 Å². The third-order valence-electron chi connectivity index (χ3n) is 1.60. The number of rotatable bonds is 2. The van der Waals surface area contributed by atoms with Crippen LogP contribution in [0.25, 0.3) is 0 Å². The lowest BCUT2D eigenvalue weighted by Crippen LogP contribution is -2.04. The summed E-state index contributed by atoms with van der Waals surface area (Å²) >= 11 is 0.874. The van der Waals surface area contributed by atoms with Crippen LogP contribution in [0.2, 0.25) is 0 Å². The first-order chi connectivity index (χ1) is 6.43. The largest absolute Gasteiger partial charge is 0.506 e. The highest BCUT2D eigenvalue weighted by molar-refractivity contribution is 8.18. The van der Waals surface area contributed by atoms with E-state index in [1.54, 1.807) is 25.2 Å². The van der Waals surface area contributed by atoms with Crippen LogP contribution in [0, 0.1) is 0 Å². The molecule has 4 nitrogen and oxygen atoms in total. The molecule has 1 aliphatic rings. The van der Waals surface area contributed by atoms with Crippen molar-refractivity contribution in [3.63, 3.8) is 0 Å². The maximum atomic E-state index is 11.3. The van der Waals surface area contributed by atoms with Gasteiger partial charge in [-0.15, -0.1) is 0 Å². The molecule has 0 aromatic carbocycles. The summed E-state index contributed by atoms with van der Waals surface area (Å²) in [6.45, 7) is 1.27. The molecule has 0 atom stereocenters. The number of aliphatic hydroxyl groups excluding tert-OH is 1. The average molecular weight is 213 g/mol. The highest BCUT2D eigenvalue weighted by atomic mass is 32.2. The zero-order valence-corrected chi connectivity index (χ0v) is 9.01. The summed E-state index contributed by atoms with van der Waals surface area (Å²) in [5.74, 6) is -0.608. The monoisotopic (exact) mass is 213 g/mol. The molecular formula is C9H11NO3S. The van der Waals surface area contributed by atoms with Gasteiger partial charge < -0.3 is 10.0 Å². The second kappa shape index (κ2) is 3.88. The molecule has 0 radical (unpaired) electrons. The van der Waals surface area contributed by atoms with Crippen molar-refractivity contribution in [1.29, 1.82) is 0 Å². The van der Waals surface area contributed by atoms with Crippen molar-refractivity contribution in [2.24, 2.45) is 0 Å². The molecule has 76 valence electrons. The van der Waals surface area contributed by atoms with Gasteiger partial charge >= 0.3 is 0 Å². The number of ketones is 1. The molecule has 0 bridgehead atoms. The molecule has 1 rings (SSSR count). The fourth-order valence-corrected chi connectivity index (χ4v) is 2.06. The molecule has 1 N–H and O–H groups in total. The van der Waals surface area contributed by atoms with E-state index in [4.69, 9.17) is 0 Å². The normalized spacial score (nSPS) is 19.4. The molecular weight excluding hydrogens is 202 g/mol. The summed E-state index contributed by atoms with van der Waals surface area (Å²) in [6, 6.07) is 0. The van der Waals surface area contributed by atoms with Gasteiger partial charge in [-0.25, -0.2) is 0 Å². The molecule has 1 heterocycles. The molecule has 0 aliphatic carbocycles. The van der Waals surface area contributed by atoms with Crippen molar-refractivity contribution < 1.29 is 14.7 Å².